The Morgan fingerprint density at radius 3 is 2.59 bits per heavy atom. The molecular weight excluding hydrogens is 216 g/mol. The van der Waals surface area contributed by atoms with Crippen LogP contribution in [0.3, 0.4) is 0 Å². The molecule has 17 heavy (non-hydrogen) atoms. The van der Waals surface area contributed by atoms with Gasteiger partial charge in [-0.05, 0) is 13.5 Å². The average Bonchev–Trinajstić information content (AvgIpc) is 2.71. The van der Waals surface area contributed by atoms with Crippen molar-refractivity contribution < 1.29 is 0 Å². The van der Waals surface area contributed by atoms with Crippen molar-refractivity contribution in [3.8, 4) is 18.2 Å². The lowest BCUT2D eigenvalue weighted by atomic mass is 10.0. The lowest BCUT2D eigenvalue weighted by molar-refractivity contribution is 0.396. The molecule has 1 unspecified atom stereocenters. The molecule has 0 saturated heterocycles. The van der Waals surface area contributed by atoms with Gasteiger partial charge < -0.3 is 4.57 Å². The minimum absolute atomic E-state index is 0.0873. The van der Waals surface area contributed by atoms with Gasteiger partial charge in [0.15, 0.2) is 11.4 Å². The molecular formula is C11H12N6. The summed E-state index contributed by atoms with van der Waals surface area (Å²) in [6, 6.07) is 5.92. The Bertz CT molecular complexity index is 524. The lowest BCUT2D eigenvalue weighted by Gasteiger charge is -2.23. The first kappa shape index (κ1) is 12.7. The summed E-state index contributed by atoms with van der Waals surface area (Å²) in [7, 11) is 0. The van der Waals surface area contributed by atoms with Gasteiger partial charge in [0.2, 0.25) is 0 Å². The van der Waals surface area contributed by atoms with Crippen LogP contribution in [0, 0.1) is 34.0 Å². The first-order valence-corrected chi connectivity index (χ1v) is 5.11. The van der Waals surface area contributed by atoms with E-state index >= 15 is 0 Å². The molecule has 6 heteroatoms. The highest BCUT2D eigenvalue weighted by Crippen LogP contribution is 2.11. The van der Waals surface area contributed by atoms with E-state index in [1.165, 1.54) is 10.9 Å². The summed E-state index contributed by atoms with van der Waals surface area (Å²) >= 11 is 0. The lowest BCUT2D eigenvalue weighted by Crippen LogP contribution is -2.44. The molecule has 1 aromatic rings. The van der Waals surface area contributed by atoms with E-state index < -0.39 is 5.54 Å². The highest BCUT2D eigenvalue weighted by atomic mass is 15.1. The zero-order valence-corrected chi connectivity index (χ0v) is 9.73. The van der Waals surface area contributed by atoms with Gasteiger partial charge in [-0.1, -0.05) is 6.92 Å². The Balaban J connectivity index is 3.05. The van der Waals surface area contributed by atoms with Crippen molar-refractivity contribution in [2.75, 3.05) is 6.54 Å². The molecule has 0 amide bonds. The van der Waals surface area contributed by atoms with E-state index in [0.717, 1.165) is 0 Å². The quantitative estimate of drug-likeness (QED) is 0.809. The Hall–Kier alpha value is -2.36. The Morgan fingerprint density at radius 2 is 2.12 bits per heavy atom. The minimum Gasteiger partial charge on any atom is -0.318 e. The van der Waals surface area contributed by atoms with Crippen LogP contribution in [0.25, 0.3) is 0 Å². The van der Waals surface area contributed by atoms with Crippen molar-refractivity contribution in [1.82, 2.24) is 14.9 Å². The van der Waals surface area contributed by atoms with Gasteiger partial charge in [0.25, 0.3) is 0 Å². The number of nitrogens with zero attached hydrogens (tertiary/aromatic N) is 5. The van der Waals surface area contributed by atoms with Gasteiger partial charge in [-0.15, -0.1) is 0 Å². The molecule has 1 N–H and O–H groups in total. The van der Waals surface area contributed by atoms with E-state index in [9.17, 15) is 0 Å². The Kier molecular flexibility index (Phi) is 3.82. The van der Waals surface area contributed by atoms with Crippen molar-refractivity contribution in [2.45, 2.75) is 25.9 Å². The summed E-state index contributed by atoms with van der Waals surface area (Å²) in [4.78, 5) is 3.83. The summed E-state index contributed by atoms with van der Waals surface area (Å²) < 4.78 is 1.52. The molecule has 0 aliphatic heterocycles. The second kappa shape index (κ2) is 5.12. The second-order valence-corrected chi connectivity index (χ2v) is 3.77. The van der Waals surface area contributed by atoms with Crippen LogP contribution in [0.4, 0.5) is 0 Å². The van der Waals surface area contributed by atoms with E-state index in [1.807, 2.05) is 19.1 Å². The molecule has 0 bridgehead atoms. The fourth-order valence-corrected chi connectivity index (χ4v) is 1.56. The van der Waals surface area contributed by atoms with Crippen molar-refractivity contribution in [1.29, 1.82) is 15.8 Å². The zero-order chi connectivity index (χ0) is 12.9. The molecule has 0 aliphatic carbocycles. The van der Waals surface area contributed by atoms with Gasteiger partial charge in [-0.3, -0.25) is 5.32 Å². The van der Waals surface area contributed by atoms with Crippen molar-refractivity contribution >= 4 is 0 Å². The number of rotatable bonds is 4. The fourth-order valence-electron chi connectivity index (χ4n) is 1.56. The van der Waals surface area contributed by atoms with Gasteiger partial charge in [0, 0.05) is 0 Å². The number of aromatic nitrogens is 2. The van der Waals surface area contributed by atoms with Crippen LogP contribution < -0.4 is 5.32 Å². The van der Waals surface area contributed by atoms with E-state index in [4.69, 9.17) is 15.8 Å². The molecule has 6 nitrogen and oxygen atoms in total. The van der Waals surface area contributed by atoms with Gasteiger partial charge >= 0.3 is 0 Å². The minimum atomic E-state index is -0.784. The highest BCUT2D eigenvalue weighted by Gasteiger charge is 2.25. The maximum Gasteiger partial charge on any atom is 0.176 e. The smallest absolute Gasteiger partial charge is 0.176 e. The first-order valence-electron chi connectivity index (χ1n) is 5.11. The van der Waals surface area contributed by atoms with Crippen LogP contribution in [0.1, 0.15) is 25.2 Å². The third-order valence-corrected chi connectivity index (χ3v) is 2.35. The number of likely N-dealkylation sites (N-methyl/N-ethyl adjacent to an activating group) is 1. The first-order chi connectivity index (χ1) is 8.10. The molecule has 1 aromatic heterocycles. The largest absolute Gasteiger partial charge is 0.318 e. The third kappa shape index (κ3) is 2.60. The normalized spacial score (nSPS) is 13.1. The van der Waals surface area contributed by atoms with Crippen LogP contribution in [-0.4, -0.2) is 21.6 Å². The Labute approximate surface area is 99.7 Å². The van der Waals surface area contributed by atoms with Crippen LogP contribution >= 0.6 is 0 Å². The molecule has 0 aromatic carbocycles. The number of imidazole rings is 1. The van der Waals surface area contributed by atoms with Crippen LogP contribution in [0.2, 0.25) is 0 Å². The molecule has 86 valence electrons. The van der Waals surface area contributed by atoms with Gasteiger partial charge in [-0.2, -0.15) is 15.8 Å². The van der Waals surface area contributed by atoms with Crippen molar-refractivity contribution in [3.63, 3.8) is 0 Å². The van der Waals surface area contributed by atoms with Crippen LogP contribution in [0.5, 0.6) is 0 Å². The number of nitriles is 3. The standard InChI is InChI=1S/C11H12N6/c1-3-16-11(2,6-14)7-17-8-15-9(4-12)10(17)5-13/h8,16H,3,7H2,1-2H3. The van der Waals surface area contributed by atoms with Gasteiger partial charge in [-0.25, -0.2) is 4.98 Å². The van der Waals surface area contributed by atoms with Gasteiger partial charge in [0.05, 0.1) is 18.9 Å². The maximum absolute atomic E-state index is 9.11. The maximum atomic E-state index is 9.11. The molecule has 0 aliphatic rings. The third-order valence-electron chi connectivity index (χ3n) is 2.35. The van der Waals surface area contributed by atoms with Gasteiger partial charge in [0.1, 0.15) is 17.7 Å². The number of nitrogens with one attached hydrogen (secondary N) is 1. The molecule has 0 radical (unpaired) electrons. The number of hydrogen-bond acceptors (Lipinski definition) is 5. The molecule has 1 heterocycles. The van der Waals surface area contributed by atoms with E-state index in [1.54, 1.807) is 6.92 Å². The SMILES string of the molecule is CCNC(C)(C#N)Cn1cnc(C#N)c1C#N. The molecule has 0 saturated carbocycles. The number of hydrogen-bond donors (Lipinski definition) is 1. The molecule has 1 rings (SSSR count). The molecule has 0 spiro atoms. The van der Waals surface area contributed by atoms with E-state index in [-0.39, 0.29) is 17.9 Å². The van der Waals surface area contributed by atoms with E-state index in [0.29, 0.717) is 6.54 Å². The average molecular weight is 228 g/mol. The van der Waals surface area contributed by atoms with Crippen molar-refractivity contribution in [3.05, 3.63) is 17.7 Å². The second-order valence-electron chi connectivity index (χ2n) is 3.77. The predicted molar refractivity (Wildman–Crippen MR) is 59.4 cm³/mol. The van der Waals surface area contributed by atoms with Crippen LogP contribution in [-0.2, 0) is 6.54 Å². The topological polar surface area (TPSA) is 101 Å². The summed E-state index contributed by atoms with van der Waals surface area (Å²) in [5.74, 6) is 0. The summed E-state index contributed by atoms with van der Waals surface area (Å²) in [5.41, 5.74) is -0.510. The van der Waals surface area contributed by atoms with Crippen molar-refractivity contribution in [2.24, 2.45) is 0 Å². The fraction of sp³-hybridized carbons (Fsp3) is 0.455. The monoisotopic (exact) mass is 228 g/mol. The Morgan fingerprint density at radius 1 is 1.41 bits per heavy atom. The summed E-state index contributed by atoms with van der Waals surface area (Å²) in [6.45, 7) is 4.56. The summed E-state index contributed by atoms with van der Waals surface area (Å²) in [5, 5.41) is 29.9. The summed E-state index contributed by atoms with van der Waals surface area (Å²) in [6.07, 6.45) is 1.41. The predicted octanol–water partition coefficient (Wildman–Crippen LogP) is 0.518. The van der Waals surface area contributed by atoms with Crippen LogP contribution in [0.15, 0.2) is 6.33 Å². The molecule has 0 fully saturated rings. The highest BCUT2D eigenvalue weighted by molar-refractivity contribution is 5.36. The zero-order valence-electron chi connectivity index (χ0n) is 9.73. The van der Waals surface area contributed by atoms with E-state index in [2.05, 4.69) is 16.4 Å². The molecule has 1 atom stereocenters.